The third-order valence-electron chi connectivity index (χ3n) is 24.0. The van der Waals surface area contributed by atoms with Crippen molar-refractivity contribution >= 4 is 70.9 Å². The van der Waals surface area contributed by atoms with Crippen LogP contribution in [0.15, 0.2) is 12.2 Å². The topological polar surface area (TPSA) is 270 Å². The summed E-state index contributed by atoms with van der Waals surface area (Å²) in [5.74, 6) is -17.0. The second kappa shape index (κ2) is 36.1. The van der Waals surface area contributed by atoms with Crippen molar-refractivity contribution in [3.05, 3.63) is 12.2 Å². The quantitative estimate of drug-likeness (QED) is 0.140. The van der Waals surface area contributed by atoms with Crippen LogP contribution in [-0.4, -0.2) is 276 Å². The van der Waals surface area contributed by atoms with E-state index in [1.165, 1.54) is 76.0 Å². The Balaban J connectivity index is 1.32. The largest absolute Gasteiger partial charge is 0.397 e. The maximum atomic E-state index is 15.7. The van der Waals surface area contributed by atoms with Crippen molar-refractivity contribution in [2.45, 2.75) is 261 Å². The van der Waals surface area contributed by atoms with E-state index in [9.17, 15) is 55.1 Å². The number of rotatable bonds is 11. The van der Waals surface area contributed by atoms with Gasteiger partial charge in [0.2, 0.25) is 70.9 Å². The van der Waals surface area contributed by atoms with Gasteiger partial charge < -0.3 is 60.0 Å². The number of hydrogen-bond acceptors (Lipinski definition) is 12. The van der Waals surface area contributed by atoms with Crippen LogP contribution in [0.25, 0.3) is 0 Å². The van der Waals surface area contributed by atoms with Crippen molar-refractivity contribution in [1.82, 2.24) is 60.0 Å². The summed E-state index contributed by atoms with van der Waals surface area (Å²) in [6.45, 7) is 8.96. The van der Waals surface area contributed by atoms with Crippen molar-refractivity contribution in [2.75, 3.05) is 82.6 Å². The third kappa shape index (κ3) is 20.8. The molecular formula is C75H116F8N12O12. The zero-order chi connectivity index (χ0) is 79.9. The lowest BCUT2D eigenvalue weighted by Crippen LogP contribution is -2.71. The van der Waals surface area contributed by atoms with Crippen LogP contribution < -0.4 is 16.0 Å². The molecule has 4 saturated carbocycles. The van der Waals surface area contributed by atoms with E-state index in [0.29, 0.717) is 38.5 Å². The van der Waals surface area contributed by atoms with Gasteiger partial charge in [-0.15, -0.1) is 0 Å². The molecule has 4 aliphatic carbocycles. The minimum absolute atomic E-state index is 0.00220. The summed E-state index contributed by atoms with van der Waals surface area (Å²) in [6.07, 6.45) is -12.0. The molecule has 32 heteroatoms. The lowest BCUT2D eigenvalue weighted by molar-refractivity contribution is -0.219. The van der Waals surface area contributed by atoms with Gasteiger partial charge in [-0.05, 0) is 144 Å². The minimum atomic E-state index is -5.21. The fraction of sp³-hybridized carbons (Fsp3) is 0.813. The van der Waals surface area contributed by atoms with Gasteiger partial charge in [0.25, 0.3) is 0 Å². The van der Waals surface area contributed by atoms with E-state index in [-0.39, 0.29) is 90.1 Å². The molecule has 107 heavy (non-hydrogen) atoms. The predicted octanol–water partition coefficient (Wildman–Crippen LogP) is 6.97. The number of hydrogen-bond donors (Lipinski definition) is 3. The Morgan fingerprint density at radius 1 is 0.636 bits per heavy atom. The number of alkyl halides is 8. The summed E-state index contributed by atoms with van der Waals surface area (Å²) < 4.78 is 115. The average Bonchev–Trinajstić information content (AvgIpc) is 1.38. The summed E-state index contributed by atoms with van der Waals surface area (Å²) in [4.78, 5) is 191. The molecular weight excluding hydrogens is 1410 g/mol. The average molecular weight is 1530 g/mol. The highest BCUT2D eigenvalue weighted by molar-refractivity contribution is 6.01. The number of fused-ring (bicyclic) bond motifs is 3. The number of nitrogens with zero attached hydrogens (tertiary/aromatic N) is 9. The van der Waals surface area contributed by atoms with Crippen LogP contribution >= 0.6 is 0 Å². The SMILES string of the molecule is CCC[C@H]1C(=O)N[C@@H]([C@@H](C)CC)C(=O)N(C)CC(=O)N(C)[C@H]2C/C=C\CCN(C2=O)[C@@H](CC2CCC(C(F)(F)F)CC2)C(=O)N(C)CC(=O)N[C@@H](CCC2CC(F)C(C(F)(F)F)C(F)C2)C(=O)N2C[C@@H](C)C[C@H]2C(=O)NC2(CC(C)(C)C2)C(=O)N(C)[C@@H](C2CCCC2)C(=O)N(C)[C@H](C(=O)N(C)C)CC(=O)N1C. The van der Waals surface area contributed by atoms with Crippen molar-refractivity contribution < 1.29 is 92.7 Å². The highest BCUT2D eigenvalue weighted by atomic mass is 19.4. The van der Waals surface area contributed by atoms with Crippen LogP contribution in [0.3, 0.4) is 0 Å². The Labute approximate surface area is 624 Å². The highest BCUT2D eigenvalue weighted by Gasteiger charge is 2.60. The van der Waals surface area contributed by atoms with E-state index >= 15 is 37.5 Å². The first-order valence-electron chi connectivity index (χ1n) is 38.2. The predicted molar refractivity (Wildman–Crippen MR) is 379 cm³/mol. The van der Waals surface area contributed by atoms with Crippen LogP contribution in [0.5, 0.6) is 0 Å². The Bertz CT molecular complexity index is 3230. The highest BCUT2D eigenvalue weighted by Crippen LogP contribution is 2.50. The maximum Gasteiger partial charge on any atom is 0.397 e. The summed E-state index contributed by atoms with van der Waals surface area (Å²) in [5.41, 5.74) is -2.30. The second-order valence-electron chi connectivity index (χ2n) is 33.0. The molecule has 604 valence electrons. The second-order valence-corrected chi connectivity index (χ2v) is 33.0. The number of nitrogens with one attached hydrogen (secondary N) is 3. The molecule has 3 heterocycles. The molecule has 7 aliphatic rings. The van der Waals surface area contributed by atoms with E-state index in [2.05, 4.69) is 16.0 Å². The van der Waals surface area contributed by atoms with E-state index in [4.69, 9.17) is 0 Å². The molecule has 1 spiro atoms. The normalized spacial score (nSPS) is 32.6. The van der Waals surface area contributed by atoms with Crippen LogP contribution in [0.1, 0.15) is 183 Å². The molecule has 0 aromatic rings. The van der Waals surface area contributed by atoms with Crippen molar-refractivity contribution in [3.8, 4) is 0 Å². The van der Waals surface area contributed by atoms with Gasteiger partial charge in [0.1, 0.15) is 72.1 Å². The van der Waals surface area contributed by atoms with E-state index in [1.54, 1.807) is 39.8 Å². The number of carbonyl (C=O) groups excluding carboxylic acids is 12. The molecule has 7 rings (SSSR count). The molecule has 2 bridgehead atoms. The van der Waals surface area contributed by atoms with E-state index in [1.807, 2.05) is 13.8 Å². The first kappa shape index (κ1) is 87.1. The summed E-state index contributed by atoms with van der Waals surface area (Å²) in [7, 11) is 10.9. The van der Waals surface area contributed by atoms with Gasteiger partial charge in [-0.3, -0.25) is 57.5 Å². The Kier molecular flexibility index (Phi) is 29.4. The summed E-state index contributed by atoms with van der Waals surface area (Å²) >= 11 is 0. The Morgan fingerprint density at radius 3 is 1.80 bits per heavy atom. The van der Waals surface area contributed by atoms with Gasteiger partial charge >= 0.3 is 12.4 Å². The van der Waals surface area contributed by atoms with Gasteiger partial charge in [-0.2, -0.15) is 26.3 Å². The molecule has 2 saturated heterocycles. The van der Waals surface area contributed by atoms with Crippen molar-refractivity contribution in [1.29, 1.82) is 0 Å². The van der Waals surface area contributed by atoms with Gasteiger partial charge in [-0.1, -0.05) is 79.4 Å². The van der Waals surface area contributed by atoms with Crippen molar-refractivity contribution in [3.63, 3.8) is 0 Å². The maximum absolute atomic E-state index is 15.7. The zero-order valence-electron chi connectivity index (χ0n) is 64.8. The molecule has 2 unspecified atom stereocenters. The molecule has 12 atom stereocenters. The molecule has 0 aromatic carbocycles. The molecule has 3 N–H and O–H groups in total. The number of likely N-dealkylation sites (N-methyl/N-ethyl adjacent to an activating group) is 7. The molecule has 6 fully saturated rings. The fourth-order valence-corrected chi connectivity index (χ4v) is 17.7. The van der Waals surface area contributed by atoms with Crippen molar-refractivity contribution in [2.24, 2.45) is 46.8 Å². The molecule has 0 aromatic heterocycles. The molecule has 24 nitrogen and oxygen atoms in total. The van der Waals surface area contributed by atoms with E-state index in [0.717, 1.165) is 24.5 Å². The molecule has 0 radical (unpaired) electrons. The molecule has 3 aliphatic heterocycles. The minimum Gasteiger partial charge on any atom is -0.347 e. The lowest BCUT2D eigenvalue weighted by Gasteiger charge is -2.54. The standard InChI is InChI=1S/C75H116F8N12O12/c1-15-22-52-63(99)85-61(44(4)16-2)69(105)89(10)40-59(98)91(12)53-25-18-17-21-32-94(68(53)104)56(36-45-26-29-48(30-27-45)74(78,79)80)67(103)88(9)39-57(96)84-51(31-28-46-34-49(76)60(50(77)35-46)75(81,82)83)65(101)95-38-43(3)33-54(95)64(100)86-73(41-72(5,6)42-73)71(107)93(14)62(47-23-19-20-24-47)70(106)92(13)55(66(102)87(7)8)37-58(97)90(52)11/h17-18,43-56,60-62H,15-16,19-42H2,1-14H3,(H,84,96)(H,85,99)(H,86,100)/b18-17-/t43-,44-,45?,46?,48?,49?,50?,51-,52-,53-,54-,55-,56-,60?,61-,62-/m0/s1. The van der Waals surface area contributed by atoms with Gasteiger partial charge in [0.15, 0.2) is 0 Å². The summed E-state index contributed by atoms with van der Waals surface area (Å²) in [6, 6.07) is -11.2. The van der Waals surface area contributed by atoms with Crippen LogP contribution in [0.4, 0.5) is 35.1 Å². The smallest absolute Gasteiger partial charge is 0.347 e. The number of amides is 12. The van der Waals surface area contributed by atoms with Crippen LogP contribution in [-0.2, 0) is 57.5 Å². The Morgan fingerprint density at radius 2 is 1.24 bits per heavy atom. The Hall–Kier alpha value is -7.18. The zero-order valence-corrected chi connectivity index (χ0v) is 64.8. The third-order valence-corrected chi connectivity index (χ3v) is 24.0. The fourth-order valence-electron chi connectivity index (χ4n) is 17.7. The van der Waals surface area contributed by atoms with Crippen LogP contribution in [0, 0.1) is 46.8 Å². The first-order valence-corrected chi connectivity index (χ1v) is 38.2. The number of halogens is 8. The van der Waals surface area contributed by atoms with Gasteiger partial charge in [0.05, 0.1) is 25.4 Å². The monoisotopic (exact) mass is 1530 g/mol. The first-order chi connectivity index (χ1) is 49.9. The summed E-state index contributed by atoms with van der Waals surface area (Å²) in [5, 5.41) is 8.47. The van der Waals surface area contributed by atoms with Crippen LogP contribution in [0.2, 0.25) is 0 Å². The van der Waals surface area contributed by atoms with Gasteiger partial charge in [0, 0.05) is 69.5 Å². The number of carbonyl (C=O) groups is 12. The molecule has 12 amide bonds. The lowest BCUT2D eigenvalue weighted by atomic mass is 9.58. The van der Waals surface area contributed by atoms with Gasteiger partial charge in [-0.25, -0.2) is 8.78 Å². The van der Waals surface area contributed by atoms with E-state index < -0.39 is 235 Å².